The fourth-order valence-corrected chi connectivity index (χ4v) is 2.58. The third kappa shape index (κ3) is 8.05. The van der Waals surface area contributed by atoms with E-state index in [1.807, 2.05) is 13.8 Å². The summed E-state index contributed by atoms with van der Waals surface area (Å²) in [5.74, 6) is -1.50. The largest absolute Gasteiger partial charge is 0.477 e. The van der Waals surface area contributed by atoms with Crippen LogP contribution in [0.25, 0.3) is 0 Å². The number of hydrogen-bond acceptors (Lipinski definition) is 6. The number of nitrogens with one attached hydrogen (secondary N) is 1. The van der Waals surface area contributed by atoms with Gasteiger partial charge < -0.3 is 19.5 Å². The highest BCUT2D eigenvalue weighted by Gasteiger charge is 2.24. The average molecular weight is 420 g/mol. The Bertz CT molecular complexity index is 680. The van der Waals surface area contributed by atoms with E-state index in [4.69, 9.17) is 32.7 Å². The van der Waals surface area contributed by atoms with Gasteiger partial charge in [0.25, 0.3) is 5.91 Å². The molecule has 9 heteroatoms. The number of benzene rings is 1. The molecule has 2 atom stereocenters. The summed E-state index contributed by atoms with van der Waals surface area (Å²) in [4.78, 5) is 35.7. The molecule has 0 aliphatic carbocycles. The maximum absolute atomic E-state index is 12.0. The van der Waals surface area contributed by atoms with E-state index < -0.39 is 36.6 Å². The van der Waals surface area contributed by atoms with Crippen LogP contribution < -0.4 is 10.1 Å². The van der Waals surface area contributed by atoms with Crippen molar-refractivity contribution in [2.75, 3.05) is 13.7 Å². The Morgan fingerprint density at radius 3 is 2.33 bits per heavy atom. The predicted octanol–water partition coefficient (Wildman–Crippen LogP) is 3.01. The molecule has 0 fully saturated rings. The summed E-state index contributed by atoms with van der Waals surface area (Å²) >= 11 is 11.8. The zero-order chi connectivity index (χ0) is 20.6. The molecular weight excluding hydrogens is 397 g/mol. The molecule has 150 valence electrons. The van der Waals surface area contributed by atoms with Crippen molar-refractivity contribution >= 4 is 41.0 Å². The monoisotopic (exact) mass is 419 g/mol. The Morgan fingerprint density at radius 2 is 1.78 bits per heavy atom. The minimum absolute atomic E-state index is 0.162. The van der Waals surface area contributed by atoms with Crippen LogP contribution in [0.15, 0.2) is 18.2 Å². The van der Waals surface area contributed by atoms with E-state index in [-0.39, 0.29) is 16.7 Å². The number of esters is 2. The zero-order valence-electron chi connectivity index (χ0n) is 15.6. The summed E-state index contributed by atoms with van der Waals surface area (Å²) in [6.45, 7) is 4.72. The molecule has 0 aliphatic rings. The molecule has 0 unspecified atom stereocenters. The van der Waals surface area contributed by atoms with E-state index in [9.17, 15) is 14.4 Å². The van der Waals surface area contributed by atoms with Crippen molar-refractivity contribution in [3.05, 3.63) is 28.2 Å². The highest BCUT2D eigenvalue weighted by atomic mass is 35.5. The standard InChI is InChI=1S/C18H23Cl2NO6/c1-10(2)7-14(18(24)25-4)21-16(22)9-26-17(23)11(3)27-15-6-5-12(19)8-13(15)20/h5-6,8,10-11,14H,7,9H2,1-4H3,(H,21,22)/t11-,14+/m0/s1. The van der Waals surface area contributed by atoms with Gasteiger partial charge in [0, 0.05) is 5.02 Å². The average Bonchev–Trinajstić information content (AvgIpc) is 2.60. The second kappa shape index (κ2) is 11.0. The van der Waals surface area contributed by atoms with Crippen molar-refractivity contribution in [1.82, 2.24) is 5.32 Å². The number of hydrogen-bond donors (Lipinski definition) is 1. The number of rotatable bonds is 9. The normalized spacial score (nSPS) is 12.9. The number of amides is 1. The zero-order valence-corrected chi connectivity index (χ0v) is 17.1. The minimum atomic E-state index is -0.997. The number of ether oxygens (including phenoxy) is 3. The van der Waals surface area contributed by atoms with Crippen LogP contribution in [0, 0.1) is 5.92 Å². The molecule has 1 aromatic rings. The first-order valence-electron chi connectivity index (χ1n) is 8.29. The van der Waals surface area contributed by atoms with Crippen LogP contribution in [0.3, 0.4) is 0 Å². The molecular formula is C18H23Cl2NO6. The quantitative estimate of drug-likeness (QED) is 0.618. The summed E-state index contributed by atoms with van der Waals surface area (Å²) in [5.41, 5.74) is 0. The third-order valence-electron chi connectivity index (χ3n) is 3.40. The second-order valence-electron chi connectivity index (χ2n) is 6.22. The van der Waals surface area contributed by atoms with Crippen molar-refractivity contribution in [1.29, 1.82) is 0 Å². The Balaban J connectivity index is 2.53. The SMILES string of the molecule is COC(=O)[C@@H](CC(C)C)NC(=O)COC(=O)[C@H](C)Oc1ccc(Cl)cc1Cl. The minimum Gasteiger partial charge on any atom is -0.477 e. The fourth-order valence-electron chi connectivity index (χ4n) is 2.13. The van der Waals surface area contributed by atoms with E-state index in [0.717, 1.165) is 0 Å². The van der Waals surface area contributed by atoms with Gasteiger partial charge in [0.2, 0.25) is 0 Å². The van der Waals surface area contributed by atoms with E-state index >= 15 is 0 Å². The van der Waals surface area contributed by atoms with Gasteiger partial charge in [0.05, 0.1) is 12.1 Å². The summed E-state index contributed by atoms with van der Waals surface area (Å²) in [5, 5.41) is 3.17. The molecule has 0 spiro atoms. The highest BCUT2D eigenvalue weighted by molar-refractivity contribution is 6.35. The van der Waals surface area contributed by atoms with Crippen molar-refractivity contribution in [3.8, 4) is 5.75 Å². The lowest BCUT2D eigenvalue weighted by Gasteiger charge is -2.19. The van der Waals surface area contributed by atoms with Crippen molar-refractivity contribution in [2.45, 2.75) is 39.3 Å². The summed E-state index contributed by atoms with van der Waals surface area (Å²) in [6.07, 6.45) is -0.593. The van der Waals surface area contributed by atoms with E-state index in [0.29, 0.717) is 11.4 Å². The lowest BCUT2D eigenvalue weighted by atomic mass is 10.0. The smallest absolute Gasteiger partial charge is 0.347 e. The molecule has 0 aromatic heterocycles. The summed E-state index contributed by atoms with van der Waals surface area (Å²) in [6, 6.07) is 3.76. The molecule has 1 rings (SSSR count). The molecule has 1 N–H and O–H groups in total. The first kappa shape index (κ1) is 23.0. The van der Waals surface area contributed by atoms with Crippen LogP contribution >= 0.6 is 23.2 Å². The van der Waals surface area contributed by atoms with Gasteiger partial charge in [-0.1, -0.05) is 37.0 Å². The van der Waals surface area contributed by atoms with Crippen LogP contribution in [0.5, 0.6) is 5.75 Å². The van der Waals surface area contributed by atoms with Gasteiger partial charge in [-0.25, -0.2) is 9.59 Å². The highest BCUT2D eigenvalue weighted by Crippen LogP contribution is 2.28. The van der Waals surface area contributed by atoms with Gasteiger partial charge in [-0.15, -0.1) is 0 Å². The maximum Gasteiger partial charge on any atom is 0.347 e. The Morgan fingerprint density at radius 1 is 1.11 bits per heavy atom. The molecule has 0 aliphatic heterocycles. The second-order valence-corrected chi connectivity index (χ2v) is 7.06. The van der Waals surface area contributed by atoms with Gasteiger partial charge >= 0.3 is 11.9 Å². The van der Waals surface area contributed by atoms with E-state index in [2.05, 4.69) is 10.1 Å². The topological polar surface area (TPSA) is 90.9 Å². The van der Waals surface area contributed by atoms with Crippen LogP contribution in [-0.2, 0) is 23.9 Å². The molecule has 0 bridgehead atoms. The first-order valence-corrected chi connectivity index (χ1v) is 9.05. The molecule has 0 heterocycles. The molecule has 0 saturated carbocycles. The lowest BCUT2D eigenvalue weighted by molar-refractivity contribution is -0.155. The van der Waals surface area contributed by atoms with Crippen molar-refractivity contribution in [2.24, 2.45) is 5.92 Å². The maximum atomic E-state index is 12.0. The summed E-state index contributed by atoms with van der Waals surface area (Å²) < 4.78 is 15.0. The van der Waals surface area contributed by atoms with Crippen LogP contribution in [0.2, 0.25) is 10.0 Å². The third-order valence-corrected chi connectivity index (χ3v) is 3.93. The number of carbonyl (C=O) groups excluding carboxylic acids is 3. The molecule has 1 aromatic carbocycles. The fraction of sp³-hybridized carbons (Fsp3) is 0.500. The molecule has 27 heavy (non-hydrogen) atoms. The summed E-state index contributed by atoms with van der Waals surface area (Å²) in [7, 11) is 1.24. The van der Waals surface area contributed by atoms with Gasteiger partial charge in [0.1, 0.15) is 11.8 Å². The van der Waals surface area contributed by atoms with Crippen LogP contribution in [0.1, 0.15) is 27.2 Å². The number of methoxy groups -OCH3 is 1. The van der Waals surface area contributed by atoms with Crippen LogP contribution in [-0.4, -0.2) is 43.7 Å². The Labute approximate surface area is 168 Å². The number of halogens is 2. The lowest BCUT2D eigenvalue weighted by Crippen LogP contribution is -2.44. The van der Waals surface area contributed by atoms with Gasteiger partial charge in [0.15, 0.2) is 12.7 Å². The molecule has 0 radical (unpaired) electrons. The molecule has 0 saturated heterocycles. The van der Waals surface area contributed by atoms with E-state index in [1.165, 1.54) is 26.2 Å². The van der Waals surface area contributed by atoms with E-state index in [1.54, 1.807) is 6.07 Å². The Hall–Kier alpha value is -1.99. The molecule has 1 amide bonds. The van der Waals surface area contributed by atoms with Gasteiger partial charge in [-0.05, 0) is 37.5 Å². The van der Waals surface area contributed by atoms with Crippen LogP contribution in [0.4, 0.5) is 0 Å². The van der Waals surface area contributed by atoms with Crippen molar-refractivity contribution < 1.29 is 28.6 Å². The first-order chi connectivity index (χ1) is 12.6. The van der Waals surface area contributed by atoms with Gasteiger partial charge in [-0.2, -0.15) is 0 Å². The number of carbonyl (C=O) groups is 3. The van der Waals surface area contributed by atoms with Crippen molar-refractivity contribution in [3.63, 3.8) is 0 Å². The predicted molar refractivity (Wildman–Crippen MR) is 101 cm³/mol. The molecule has 7 nitrogen and oxygen atoms in total. The Kier molecular flexibility index (Phi) is 9.38. The van der Waals surface area contributed by atoms with Gasteiger partial charge in [-0.3, -0.25) is 4.79 Å².